The molecule has 0 unspecified atom stereocenters. The maximum atomic E-state index is 13.1. The van der Waals surface area contributed by atoms with E-state index in [4.69, 9.17) is 4.98 Å². The highest BCUT2D eigenvalue weighted by Gasteiger charge is 2.17. The van der Waals surface area contributed by atoms with Crippen molar-refractivity contribution in [3.05, 3.63) is 68.9 Å². The van der Waals surface area contributed by atoms with Crippen LogP contribution >= 0.6 is 27.7 Å². The Labute approximate surface area is 147 Å². The molecule has 0 saturated heterocycles. The van der Waals surface area contributed by atoms with Crippen LogP contribution in [0.25, 0.3) is 10.9 Å². The lowest BCUT2D eigenvalue weighted by Gasteiger charge is -2.19. The molecule has 0 aliphatic heterocycles. The van der Waals surface area contributed by atoms with Gasteiger partial charge in [0.05, 0.1) is 16.9 Å². The normalized spacial score (nSPS) is 12.5. The summed E-state index contributed by atoms with van der Waals surface area (Å²) in [7, 11) is 0. The molecule has 0 bridgehead atoms. The molecule has 2 aromatic carbocycles. The van der Waals surface area contributed by atoms with Crippen molar-refractivity contribution in [1.29, 1.82) is 0 Å². The van der Waals surface area contributed by atoms with Crippen LogP contribution in [0.15, 0.2) is 63.0 Å². The molecular weight excluding hydrogens is 372 g/mol. The second-order valence-electron chi connectivity index (χ2n) is 5.25. The van der Waals surface area contributed by atoms with Gasteiger partial charge in [-0.25, -0.2) is 4.98 Å². The second-order valence-corrected chi connectivity index (χ2v) is 7.40. The van der Waals surface area contributed by atoms with Gasteiger partial charge in [-0.3, -0.25) is 9.36 Å². The van der Waals surface area contributed by atoms with Crippen LogP contribution in [0.5, 0.6) is 0 Å². The van der Waals surface area contributed by atoms with Gasteiger partial charge in [-0.15, -0.1) is 0 Å². The van der Waals surface area contributed by atoms with E-state index in [1.54, 1.807) is 16.3 Å². The first-order chi connectivity index (χ1) is 11.1. The van der Waals surface area contributed by atoms with Crippen LogP contribution in [0.2, 0.25) is 0 Å². The first kappa shape index (κ1) is 16.3. The van der Waals surface area contributed by atoms with Gasteiger partial charge in [0.1, 0.15) is 0 Å². The van der Waals surface area contributed by atoms with E-state index < -0.39 is 0 Å². The van der Waals surface area contributed by atoms with Crippen molar-refractivity contribution in [2.24, 2.45) is 0 Å². The average Bonchev–Trinajstić information content (AvgIpc) is 2.56. The van der Waals surface area contributed by atoms with Gasteiger partial charge in [0.25, 0.3) is 5.56 Å². The number of hydrogen-bond donors (Lipinski definition) is 0. The van der Waals surface area contributed by atoms with Gasteiger partial charge in [-0.05, 0) is 36.4 Å². The molecule has 0 fully saturated rings. The minimum atomic E-state index is -0.0615. The molecule has 23 heavy (non-hydrogen) atoms. The summed E-state index contributed by atoms with van der Waals surface area (Å²) < 4.78 is 2.69. The molecule has 118 valence electrons. The first-order valence-electron chi connectivity index (χ1n) is 7.51. The number of aromatic nitrogens is 2. The largest absolute Gasteiger partial charge is 0.280 e. The Hall–Kier alpha value is -1.59. The average molecular weight is 389 g/mol. The summed E-state index contributed by atoms with van der Waals surface area (Å²) in [5, 5.41) is 1.41. The summed E-state index contributed by atoms with van der Waals surface area (Å²) in [5.74, 6) is 0.871. The van der Waals surface area contributed by atoms with Crippen molar-refractivity contribution < 1.29 is 0 Å². The Morgan fingerprint density at radius 3 is 2.65 bits per heavy atom. The van der Waals surface area contributed by atoms with Crippen LogP contribution in [0, 0.1) is 0 Å². The van der Waals surface area contributed by atoms with Gasteiger partial charge in [0.15, 0.2) is 5.16 Å². The van der Waals surface area contributed by atoms with Gasteiger partial charge in [-0.1, -0.05) is 64.9 Å². The number of thioether (sulfide) groups is 1. The van der Waals surface area contributed by atoms with E-state index in [1.165, 1.54) is 0 Å². The number of hydrogen-bond acceptors (Lipinski definition) is 3. The zero-order valence-corrected chi connectivity index (χ0v) is 15.4. The topological polar surface area (TPSA) is 34.9 Å². The maximum Gasteiger partial charge on any atom is 0.262 e. The van der Waals surface area contributed by atoms with Crippen LogP contribution in [0.1, 0.15) is 25.5 Å². The summed E-state index contributed by atoms with van der Waals surface area (Å²) in [6.45, 7) is 4.11. The Morgan fingerprint density at radius 1 is 1.22 bits per heavy atom. The molecule has 5 heteroatoms. The lowest BCUT2D eigenvalue weighted by molar-refractivity contribution is 0.549. The van der Waals surface area contributed by atoms with Gasteiger partial charge in [0, 0.05) is 4.47 Å². The fourth-order valence-electron chi connectivity index (χ4n) is 2.60. The van der Waals surface area contributed by atoms with Gasteiger partial charge in [0.2, 0.25) is 0 Å². The van der Waals surface area contributed by atoms with E-state index >= 15 is 0 Å². The standard InChI is InChI=1S/C18H17BrN2OS/c1-3-23-18-20-16-10-9-14(19)11-15(16)17(22)21(18)12(2)13-7-5-4-6-8-13/h4-12H,3H2,1-2H3/t12-/m1/s1. The molecular formula is C18H17BrN2OS. The van der Waals surface area contributed by atoms with Crippen LogP contribution in [-0.4, -0.2) is 15.3 Å². The fraction of sp³-hybridized carbons (Fsp3) is 0.222. The molecule has 1 heterocycles. The molecule has 0 saturated carbocycles. The van der Waals surface area contributed by atoms with E-state index in [0.29, 0.717) is 5.39 Å². The summed E-state index contributed by atoms with van der Waals surface area (Å²) >= 11 is 5.04. The minimum Gasteiger partial charge on any atom is -0.280 e. The van der Waals surface area contributed by atoms with Crippen LogP contribution in [0.3, 0.4) is 0 Å². The third-order valence-electron chi connectivity index (χ3n) is 3.77. The van der Waals surface area contributed by atoms with E-state index in [0.717, 1.165) is 26.5 Å². The SMILES string of the molecule is CCSc1nc2ccc(Br)cc2c(=O)n1[C@H](C)c1ccccc1. The minimum absolute atomic E-state index is 0.00334. The molecule has 0 spiro atoms. The number of halogens is 1. The van der Waals surface area contributed by atoms with Gasteiger partial charge in [-0.2, -0.15) is 0 Å². The predicted octanol–water partition coefficient (Wildman–Crippen LogP) is 4.88. The van der Waals surface area contributed by atoms with Crippen LogP contribution < -0.4 is 5.56 Å². The van der Waals surface area contributed by atoms with Gasteiger partial charge < -0.3 is 0 Å². The predicted molar refractivity (Wildman–Crippen MR) is 100 cm³/mol. The monoisotopic (exact) mass is 388 g/mol. The van der Waals surface area contributed by atoms with Crippen LogP contribution in [0.4, 0.5) is 0 Å². The van der Waals surface area contributed by atoms with Crippen molar-refractivity contribution in [3.63, 3.8) is 0 Å². The quantitative estimate of drug-likeness (QED) is 0.471. The number of rotatable bonds is 4. The smallest absolute Gasteiger partial charge is 0.262 e. The van der Waals surface area contributed by atoms with E-state index in [-0.39, 0.29) is 11.6 Å². The Morgan fingerprint density at radius 2 is 1.96 bits per heavy atom. The third kappa shape index (κ3) is 3.21. The number of nitrogens with zero attached hydrogens (tertiary/aromatic N) is 2. The van der Waals surface area contributed by atoms with Crippen LogP contribution in [-0.2, 0) is 0 Å². The van der Waals surface area contributed by atoms with Crippen molar-refractivity contribution in [2.45, 2.75) is 25.0 Å². The Kier molecular flexibility index (Phi) is 4.87. The van der Waals surface area contributed by atoms with E-state index in [1.807, 2.05) is 55.5 Å². The van der Waals surface area contributed by atoms with Crippen molar-refractivity contribution >= 4 is 38.6 Å². The molecule has 0 radical (unpaired) electrons. The highest BCUT2D eigenvalue weighted by molar-refractivity contribution is 9.10. The molecule has 0 aliphatic carbocycles. The summed E-state index contributed by atoms with van der Waals surface area (Å²) in [6.07, 6.45) is 0. The molecule has 1 atom stereocenters. The molecule has 3 rings (SSSR count). The molecule has 3 nitrogen and oxygen atoms in total. The third-order valence-corrected chi connectivity index (χ3v) is 5.10. The number of fused-ring (bicyclic) bond motifs is 1. The summed E-state index contributed by atoms with van der Waals surface area (Å²) in [4.78, 5) is 17.8. The van der Waals surface area contributed by atoms with E-state index in [2.05, 4.69) is 22.9 Å². The highest BCUT2D eigenvalue weighted by atomic mass is 79.9. The van der Waals surface area contributed by atoms with Crippen molar-refractivity contribution in [3.8, 4) is 0 Å². The molecule has 1 aromatic heterocycles. The number of benzene rings is 2. The second kappa shape index (κ2) is 6.89. The Bertz CT molecular complexity index is 893. The zero-order valence-electron chi connectivity index (χ0n) is 13.0. The molecule has 3 aromatic rings. The summed E-state index contributed by atoms with van der Waals surface area (Å²) in [6, 6.07) is 15.6. The molecule has 0 amide bonds. The molecule has 0 aliphatic rings. The lowest BCUT2D eigenvalue weighted by atomic mass is 10.1. The van der Waals surface area contributed by atoms with Crippen molar-refractivity contribution in [1.82, 2.24) is 9.55 Å². The lowest BCUT2D eigenvalue weighted by Crippen LogP contribution is -2.27. The Balaban J connectivity index is 2.26. The maximum absolute atomic E-state index is 13.1. The zero-order chi connectivity index (χ0) is 16.4. The van der Waals surface area contributed by atoms with E-state index in [9.17, 15) is 4.79 Å². The fourth-order valence-corrected chi connectivity index (χ4v) is 3.77. The van der Waals surface area contributed by atoms with Crippen molar-refractivity contribution in [2.75, 3.05) is 5.75 Å². The summed E-state index contributed by atoms with van der Waals surface area (Å²) in [5.41, 5.74) is 1.85. The first-order valence-corrected chi connectivity index (χ1v) is 9.29. The molecule has 0 N–H and O–H groups in total. The van der Waals surface area contributed by atoms with Gasteiger partial charge >= 0.3 is 0 Å². The highest BCUT2D eigenvalue weighted by Crippen LogP contribution is 2.25.